The van der Waals surface area contributed by atoms with E-state index in [2.05, 4.69) is 19.6 Å². The van der Waals surface area contributed by atoms with Crippen molar-refractivity contribution in [1.82, 2.24) is 4.90 Å². The van der Waals surface area contributed by atoms with Gasteiger partial charge in [-0.05, 0) is 44.0 Å². The van der Waals surface area contributed by atoms with Crippen LogP contribution >= 0.6 is 12.6 Å². The van der Waals surface area contributed by atoms with Gasteiger partial charge in [-0.25, -0.2) is 0 Å². The zero-order valence-corrected chi connectivity index (χ0v) is 11.7. The molecule has 1 aromatic rings. The fourth-order valence-electron chi connectivity index (χ4n) is 2.41. The van der Waals surface area contributed by atoms with E-state index in [-0.39, 0.29) is 18.1 Å². The van der Waals surface area contributed by atoms with Crippen LogP contribution in [-0.2, 0) is 4.74 Å². The minimum Gasteiger partial charge on any atom is -0.381 e. The van der Waals surface area contributed by atoms with Crippen molar-refractivity contribution in [1.29, 1.82) is 0 Å². The van der Waals surface area contributed by atoms with Crippen LogP contribution in [0.15, 0.2) is 29.2 Å². The third-order valence-electron chi connectivity index (χ3n) is 3.54. The van der Waals surface area contributed by atoms with Gasteiger partial charge in [-0.15, -0.1) is 12.6 Å². The summed E-state index contributed by atoms with van der Waals surface area (Å²) in [5.41, 5.74) is 0.732. The van der Waals surface area contributed by atoms with Gasteiger partial charge in [0.2, 0.25) is 0 Å². The van der Waals surface area contributed by atoms with Crippen LogP contribution in [0.3, 0.4) is 0 Å². The summed E-state index contributed by atoms with van der Waals surface area (Å²) in [4.78, 5) is 15.2. The van der Waals surface area contributed by atoms with E-state index in [1.807, 2.05) is 29.2 Å². The van der Waals surface area contributed by atoms with Crippen molar-refractivity contribution < 1.29 is 9.53 Å². The second-order valence-corrected chi connectivity index (χ2v) is 5.29. The molecule has 0 N–H and O–H groups in total. The van der Waals surface area contributed by atoms with Crippen LogP contribution in [0.5, 0.6) is 0 Å². The molecule has 4 heteroatoms. The van der Waals surface area contributed by atoms with Gasteiger partial charge in [-0.1, -0.05) is 0 Å². The molecule has 0 spiro atoms. The Morgan fingerprint density at radius 1 is 1.39 bits per heavy atom. The van der Waals surface area contributed by atoms with E-state index in [1.165, 1.54) is 0 Å². The quantitative estimate of drug-likeness (QED) is 0.833. The van der Waals surface area contributed by atoms with Crippen molar-refractivity contribution in [2.75, 3.05) is 13.7 Å². The van der Waals surface area contributed by atoms with Gasteiger partial charge >= 0.3 is 0 Å². The Morgan fingerprint density at radius 3 is 2.61 bits per heavy atom. The molecule has 0 aromatic heterocycles. The smallest absolute Gasteiger partial charge is 0.254 e. The number of nitrogens with zero attached hydrogens (tertiary/aromatic N) is 1. The molecule has 0 bridgehead atoms. The highest BCUT2D eigenvalue weighted by Gasteiger charge is 2.29. The molecule has 2 rings (SSSR count). The maximum Gasteiger partial charge on any atom is 0.254 e. The van der Waals surface area contributed by atoms with Crippen LogP contribution in [0, 0.1) is 0 Å². The Hall–Kier alpha value is -1.00. The largest absolute Gasteiger partial charge is 0.381 e. The Kier molecular flexibility index (Phi) is 4.30. The van der Waals surface area contributed by atoms with Crippen molar-refractivity contribution in [2.24, 2.45) is 0 Å². The van der Waals surface area contributed by atoms with Gasteiger partial charge in [-0.2, -0.15) is 0 Å². The number of likely N-dealkylation sites (tertiary alicyclic amines) is 1. The number of methoxy groups -OCH3 is 1. The average Bonchev–Trinajstić information content (AvgIpc) is 2.38. The molecule has 2 atom stereocenters. The molecule has 18 heavy (non-hydrogen) atoms. The van der Waals surface area contributed by atoms with Gasteiger partial charge in [0, 0.05) is 30.2 Å². The standard InChI is InChI=1S/C14H19NO2S/c1-10-9-12(17-2)7-8-15(10)14(16)11-3-5-13(18)6-4-11/h3-6,10,12,18H,7-9H2,1-2H3. The summed E-state index contributed by atoms with van der Waals surface area (Å²) in [7, 11) is 1.74. The lowest BCUT2D eigenvalue weighted by atomic mass is 9.99. The van der Waals surface area contributed by atoms with E-state index in [4.69, 9.17) is 4.74 Å². The van der Waals surface area contributed by atoms with Crippen LogP contribution < -0.4 is 0 Å². The molecule has 1 heterocycles. The number of piperidine rings is 1. The third-order valence-corrected chi connectivity index (χ3v) is 3.83. The first kappa shape index (κ1) is 13.4. The van der Waals surface area contributed by atoms with E-state index < -0.39 is 0 Å². The molecule has 1 aromatic carbocycles. The van der Waals surface area contributed by atoms with Gasteiger partial charge in [-0.3, -0.25) is 4.79 Å². The van der Waals surface area contributed by atoms with Crippen LogP contribution in [0.4, 0.5) is 0 Å². The number of carbonyl (C=O) groups is 1. The predicted molar refractivity (Wildman–Crippen MR) is 74.2 cm³/mol. The molecule has 1 aliphatic rings. The fraction of sp³-hybridized carbons (Fsp3) is 0.500. The van der Waals surface area contributed by atoms with Crippen molar-refractivity contribution in [3.63, 3.8) is 0 Å². The SMILES string of the molecule is COC1CCN(C(=O)c2ccc(S)cc2)C(C)C1. The molecule has 0 aliphatic carbocycles. The Labute approximate surface area is 114 Å². The Morgan fingerprint density at radius 2 is 2.06 bits per heavy atom. The van der Waals surface area contributed by atoms with Crippen LogP contribution in [0.1, 0.15) is 30.1 Å². The van der Waals surface area contributed by atoms with Crippen LogP contribution in [0.2, 0.25) is 0 Å². The summed E-state index contributed by atoms with van der Waals surface area (Å²) >= 11 is 4.23. The molecule has 1 fully saturated rings. The summed E-state index contributed by atoms with van der Waals surface area (Å²) in [6, 6.07) is 7.60. The zero-order valence-electron chi connectivity index (χ0n) is 10.8. The van der Waals surface area contributed by atoms with E-state index in [1.54, 1.807) is 7.11 Å². The second kappa shape index (κ2) is 5.76. The predicted octanol–water partition coefficient (Wildman–Crippen LogP) is 2.61. The van der Waals surface area contributed by atoms with Crippen molar-refractivity contribution in [2.45, 2.75) is 36.8 Å². The van der Waals surface area contributed by atoms with Crippen molar-refractivity contribution in [3.8, 4) is 0 Å². The molecule has 2 unspecified atom stereocenters. The maximum atomic E-state index is 12.4. The van der Waals surface area contributed by atoms with E-state index in [0.29, 0.717) is 0 Å². The molecule has 1 saturated heterocycles. The molecule has 0 saturated carbocycles. The van der Waals surface area contributed by atoms with E-state index in [9.17, 15) is 4.79 Å². The van der Waals surface area contributed by atoms with Gasteiger partial charge < -0.3 is 9.64 Å². The minimum atomic E-state index is 0.102. The number of amides is 1. The lowest BCUT2D eigenvalue weighted by molar-refractivity contribution is 0.0160. The van der Waals surface area contributed by atoms with Crippen molar-refractivity contribution in [3.05, 3.63) is 29.8 Å². The van der Waals surface area contributed by atoms with Crippen molar-refractivity contribution >= 4 is 18.5 Å². The number of benzene rings is 1. The minimum absolute atomic E-state index is 0.102. The second-order valence-electron chi connectivity index (χ2n) is 4.78. The van der Waals surface area contributed by atoms with Gasteiger partial charge in [0.1, 0.15) is 0 Å². The van der Waals surface area contributed by atoms with Gasteiger partial charge in [0.15, 0.2) is 0 Å². The number of hydrogen-bond acceptors (Lipinski definition) is 3. The topological polar surface area (TPSA) is 29.5 Å². The first-order valence-corrected chi connectivity index (χ1v) is 6.69. The molecule has 98 valence electrons. The van der Waals surface area contributed by atoms with E-state index in [0.717, 1.165) is 29.8 Å². The highest BCUT2D eigenvalue weighted by atomic mass is 32.1. The molecular formula is C14H19NO2S. The van der Waals surface area contributed by atoms with Crippen LogP contribution in [-0.4, -0.2) is 36.6 Å². The summed E-state index contributed by atoms with van der Waals surface area (Å²) in [6.45, 7) is 2.84. The fourth-order valence-corrected chi connectivity index (χ4v) is 2.56. The highest BCUT2D eigenvalue weighted by Crippen LogP contribution is 2.21. The molecule has 3 nitrogen and oxygen atoms in total. The Balaban J connectivity index is 2.07. The number of rotatable bonds is 2. The van der Waals surface area contributed by atoms with Crippen LogP contribution in [0.25, 0.3) is 0 Å². The maximum absolute atomic E-state index is 12.4. The normalized spacial score (nSPS) is 24.1. The van der Waals surface area contributed by atoms with E-state index >= 15 is 0 Å². The summed E-state index contributed by atoms with van der Waals surface area (Å²) in [6.07, 6.45) is 2.10. The first-order chi connectivity index (χ1) is 8.61. The highest BCUT2D eigenvalue weighted by molar-refractivity contribution is 7.80. The number of ether oxygens (including phenoxy) is 1. The molecular weight excluding hydrogens is 246 g/mol. The summed E-state index contributed by atoms with van der Waals surface area (Å²) < 4.78 is 5.36. The molecule has 1 amide bonds. The lowest BCUT2D eigenvalue weighted by Gasteiger charge is -2.37. The molecule has 1 aliphatic heterocycles. The monoisotopic (exact) mass is 265 g/mol. The number of hydrogen-bond donors (Lipinski definition) is 1. The average molecular weight is 265 g/mol. The lowest BCUT2D eigenvalue weighted by Crippen LogP contribution is -2.46. The Bertz CT molecular complexity index is 418. The van der Waals surface area contributed by atoms with Gasteiger partial charge in [0.25, 0.3) is 5.91 Å². The third kappa shape index (κ3) is 2.87. The number of carbonyl (C=O) groups excluding carboxylic acids is 1. The first-order valence-electron chi connectivity index (χ1n) is 6.24. The summed E-state index contributed by atoms with van der Waals surface area (Å²) in [5.74, 6) is 0.102. The number of thiol groups is 1. The zero-order chi connectivity index (χ0) is 13.1. The molecule has 0 radical (unpaired) electrons. The summed E-state index contributed by atoms with van der Waals surface area (Å²) in [5, 5.41) is 0. The van der Waals surface area contributed by atoms with Gasteiger partial charge in [0.05, 0.1) is 6.10 Å².